The van der Waals surface area contributed by atoms with Crippen LogP contribution in [0.1, 0.15) is 24.6 Å². The first-order valence-electron chi connectivity index (χ1n) is 12.7. The number of nitrogens with zero attached hydrogens (tertiary/aromatic N) is 6. The van der Waals surface area contributed by atoms with Gasteiger partial charge in [-0.1, -0.05) is 13.0 Å². The molecule has 3 aromatic heterocycles. The van der Waals surface area contributed by atoms with Gasteiger partial charge in [-0.2, -0.15) is 0 Å². The lowest BCUT2D eigenvalue weighted by Gasteiger charge is -2.16. The first-order chi connectivity index (χ1) is 18.4. The predicted octanol–water partition coefficient (Wildman–Crippen LogP) is 5.05. The van der Waals surface area contributed by atoms with Crippen LogP contribution in [0.3, 0.4) is 0 Å². The topological polar surface area (TPSA) is 96.4 Å². The SMILES string of the molecule is CCc1ccc(Oc2ccc(Nc3ncnc4ccc(N5CC/C(=C\CN(C)C)C5=O)nc34)cc2C)cn1. The van der Waals surface area contributed by atoms with Gasteiger partial charge in [0.1, 0.15) is 29.2 Å². The first-order valence-corrected chi connectivity index (χ1v) is 12.7. The van der Waals surface area contributed by atoms with Crippen LogP contribution in [0.25, 0.3) is 11.0 Å². The summed E-state index contributed by atoms with van der Waals surface area (Å²) in [5.41, 5.74) is 4.94. The molecule has 0 bridgehead atoms. The number of carbonyl (C=O) groups is 1. The zero-order valence-corrected chi connectivity index (χ0v) is 22.1. The fourth-order valence-corrected chi connectivity index (χ4v) is 4.27. The highest BCUT2D eigenvalue weighted by atomic mass is 16.5. The number of aromatic nitrogens is 4. The summed E-state index contributed by atoms with van der Waals surface area (Å²) in [5.74, 6) is 2.60. The van der Waals surface area contributed by atoms with Gasteiger partial charge in [-0.05, 0) is 81.9 Å². The zero-order valence-electron chi connectivity index (χ0n) is 22.1. The molecule has 38 heavy (non-hydrogen) atoms. The molecule has 1 aliphatic rings. The number of rotatable bonds is 8. The Morgan fingerprint density at radius 2 is 1.97 bits per heavy atom. The lowest BCUT2D eigenvalue weighted by Crippen LogP contribution is -2.25. The molecule has 0 aliphatic carbocycles. The van der Waals surface area contributed by atoms with Gasteiger partial charge in [0.15, 0.2) is 5.82 Å². The van der Waals surface area contributed by atoms with Gasteiger partial charge in [-0.3, -0.25) is 14.7 Å². The maximum atomic E-state index is 13.0. The summed E-state index contributed by atoms with van der Waals surface area (Å²) in [6.45, 7) is 5.39. The van der Waals surface area contributed by atoms with Gasteiger partial charge in [-0.25, -0.2) is 15.0 Å². The largest absolute Gasteiger partial charge is 0.455 e. The van der Waals surface area contributed by atoms with E-state index in [2.05, 4.69) is 27.2 Å². The van der Waals surface area contributed by atoms with E-state index < -0.39 is 0 Å². The molecular weight excluding hydrogens is 478 g/mol. The quantitative estimate of drug-likeness (QED) is 0.330. The Kier molecular flexibility index (Phi) is 7.28. The summed E-state index contributed by atoms with van der Waals surface area (Å²) in [5, 5.41) is 3.36. The highest BCUT2D eigenvalue weighted by Gasteiger charge is 2.28. The molecule has 4 heterocycles. The normalized spacial score (nSPS) is 14.6. The summed E-state index contributed by atoms with van der Waals surface area (Å²) in [4.78, 5) is 34.8. The van der Waals surface area contributed by atoms with E-state index in [-0.39, 0.29) is 5.91 Å². The van der Waals surface area contributed by atoms with Gasteiger partial charge in [-0.15, -0.1) is 0 Å². The molecule has 1 aromatic carbocycles. The second kappa shape index (κ2) is 10.9. The fourth-order valence-electron chi connectivity index (χ4n) is 4.27. The molecule has 194 valence electrons. The number of likely N-dealkylation sites (N-methyl/N-ethyl adjacent to an activating group) is 1. The van der Waals surface area contributed by atoms with E-state index in [0.717, 1.165) is 41.2 Å². The molecule has 5 rings (SSSR count). The third kappa shape index (κ3) is 5.47. The molecule has 0 saturated carbocycles. The number of ether oxygens (including phenoxy) is 1. The minimum Gasteiger partial charge on any atom is -0.455 e. The summed E-state index contributed by atoms with van der Waals surface area (Å²) >= 11 is 0. The molecule has 0 unspecified atom stereocenters. The van der Waals surface area contributed by atoms with Crippen LogP contribution in [0.4, 0.5) is 17.3 Å². The van der Waals surface area contributed by atoms with E-state index in [1.165, 1.54) is 6.33 Å². The van der Waals surface area contributed by atoms with Gasteiger partial charge in [0.2, 0.25) is 0 Å². The average Bonchev–Trinajstić information content (AvgIpc) is 3.29. The van der Waals surface area contributed by atoms with Crippen molar-refractivity contribution in [2.24, 2.45) is 0 Å². The Bertz CT molecular complexity index is 1500. The van der Waals surface area contributed by atoms with Crippen LogP contribution in [0.15, 0.2) is 66.6 Å². The molecule has 1 amide bonds. The summed E-state index contributed by atoms with van der Waals surface area (Å²) in [6.07, 6.45) is 6.83. The Labute approximate surface area is 222 Å². The molecular formula is C29H31N7O2. The first kappa shape index (κ1) is 25.3. The average molecular weight is 510 g/mol. The lowest BCUT2D eigenvalue weighted by molar-refractivity contribution is -0.114. The van der Waals surface area contributed by atoms with Gasteiger partial charge >= 0.3 is 0 Å². The number of amides is 1. The second-order valence-corrected chi connectivity index (χ2v) is 9.50. The van der Waals surface area contributed by atoms with Crippen molar-refractivity contribution in [2.45, 2.75) is 26.7 Å². The molecule has 9 nitrogen and oxygen atoms in total. The van der Waals surface area contributed by atoms with E-state index in [9.17, 15) is 4.79 Å². The zero-order chi connectivity index (χ0) is 26.6. The molecule has 0 atom stereocenters. The van der Waals surface area contributed by atoms with Gasteiger partial charge < -0.3 is 15.0 Å². The van der Waals surface area contributed by atoms with Crippen molar-refractivity contribution in [1.82, 2.24) is 24.8 Å². The van der Waals surface area contributed by atoms with Crippen LogP contribution in [0.5, 0.6) is 11.5 Å². The van der Waals surface area contributed by atoms with Gasteiger partial charge in [0, 0.05) is 30.0 Å². The molecule has 1 N–H and O–H groups in total. The number of anilines is 3. The summed E-state index contributed by atoms with van der Waals surface area (Å²) < 4.78 is 6.03. The minimum atomic E-state index is -0.00388. The molecule has 1 aliphatic heterocycles. The van der Waals surface area contributed by atoms with Crippen LogP contribution in [0, 0.1) is 6.92 Å². The van der Waals surface area contributed by atoms with Crippen LogP contribution in [-0.4, -0.2) is 57.9 Å². The number of hydrogen-bond acceptors (Lipinski definition) is 8. The smallest absolute Gasteiger partial charge is 0.255 e. The highest BCUT2D eigenvalue weighted by molar-refractivity contribution is 6.08. The van der Waals surface area contributed by atoms with E-state index in [4.69, 9.17) is 9.72 Å². The van der Waals surface area contributed by atoms with Crippen molar-refractivity contribution in [3.63, 3.8) is 0 Å². The second-order valence-electron chi connectivity index (χ2n) is 9.50. The number of pyridine rings is 2. The van der Waals surface area contributed by atoms with Crippen molar-refractivity contribution in [3.05, 3.63) is 77.9 Å². The maximum absolute atomic E-state index is 13.0. The Balaban J connectivity index is 1.36. The molecule has 1 saturated heterocycles. The Morgan fingerprint density at radius 1 is 1.11 bits per heavy atom. The number of fused-ring (bicyclic) bond motifs is 1. The predicted molar refractivity (Wildman–Crippen MR) is 149 cm³/mol. The number of nitrogens with one attached hydrogen (secondary N) is 1. The van der Waals surface area contributed by atoms with Crippen LogP contribution < -0.4 is 15.0 Å². The lowest BCUT2D eigenvalue weighted by atomic mass is 10.2. The fraction of sp³-hybridized carbons (Fsp3) is 0.276. The van der Waals surface area contributed by atoms with E-state index in [0.29, 0.717) is 41.4 Å². The van der Waals surface area contributed by atoms with Crippen LogP contribution in [-0.2, 0) is 11.2 Å². The monoisotopic (exact) mass is 509 g/mol. The van der Waals surface area contributed by atoms with Crippen LogP contribution >= 0.6 is 0 Å². The Hall–Kier alpha value is -4.37. The van der Waals surface area contributed by atoms with E-state index >= 15 is 0 Å². The molecule has 0 spiro atoms. The minimum absolute atomic E-state index is 0.00388. The summed E-state index contributed by atoms with van der Waals surface area (Å²) in [7, 11) is 3.97. The highest BCUT2D eigenvalue weighted by Crippen LogP contribution is 2.31. The summed E-state index contributed by atoms with van der Waals surface area (Å²) in [6, 6.07) is 13.5. The van der Waals surface area contributed by atoms with Crippen molar-refractivity contribution in [1.29, 1.82) is 0 Å². The number of benzene rings is 1. The van der Waals surface area contributed by atoms with E-state index in [1.807, 2.05) is 74.5 Å². The molecule has 0 radical (unpaired) electrons. The van der Waals surface area contributed by atoms with Crippen molar-refractivity contribution in [2.75, 3.05) is 37.4 Å². The van der Waals surface area contributed by atoms with Gasteiger partial charge in [0.05, 0.1) is 11.7 Å². The van der Waals surface area contributed by atoms with E-state index in [1.54, 1.807) is 11.1 Å². The number of carbonyl (C=O) groups excluding carboxylic acids is 1. The number of aryl methyl sites for hydroxylation is 2. The third-order valence-corrected chi connectivity index (χ3v) is 6.40. The van der Waals surface area contributed by atoms with Crippen molar-refractivity contribution < 1.29 is 9.53 Å². The van der Waals surface area contributed by atoms with Gasteiger partial charge in [0.25, 0.3) is 5.91 Å². The maximum Gasteiger partial charge on any atom is 0.255 e. The Morgan fingerprint density at radius 3 is 2.71 bits per heavy atom. The standard InChI is InChI=1S/C29H31N7O2/c1-5-21-6-8-23(17-30-21)38-25-10-7-22(16-19(25)2)33-28-27-24(31-18-32-28)9-11-26(34-27)36-15-13-20(29(36)37)12-14-35(3)4/h6-12,16-18H,5,13-15H2,1-4H3,(H,31,32,33)/b20-12+. The molecule has 9 heteroatoms. The molecule has 4 aromatic rings. The van der Waals surface area contributed by atoms with Crippen LogP contribution in [0.2, 0.25) is 0 Å². The molecule has 1 fully saturated rings. The van der Waals surface area contributed by atoms with Crippen molar-refractivity contribution in [3.8, 4) is 11.5 Å². The third-order valence-electron chi connectivity index (χ3n) is 6.40. The van der Waals surface area contributed by atoms with Crippen molar-refractivity contribution >= 4 is 34.3 Å². The number of hydrogen-bond donors (Lipinski definition) is 1.